The fourth-order valence-electron chi connectivity index (χ4n) is 1.90. The Balaban J connectivity index is 3.20. The molecule has 0 radical (unpaired) electrons. The Kier molecular flexibility index (Phi) is 5.56. The minimum absolute atomic E-state index is 0.00374. The van der Waals surface area contributed by atoms with Crippen LogP contribution in [-0.4, -0.2) is 49.3 Å². The summed E-state index contributed by atoms with van der Waals surface area (Å²) in [7, 11) is 0. The number of nitrogens with zero attached hydrogens (tertiary/aromatic N) is 1. The lowest BCUT2D eigenvalue weighted by Gasteiger charge is -2.14. The molecule has 22 heavy (non-hydrogen) atoms. The molecule has 0 aliphatic rings. The largest absolute Gasteiger partial charge is 0.481 e. The number of hydrogen-bond donors (Lipinski definition) is 4. The van der Waals surface area contributed by atoms with Gasteiger partial charge in [0.25, 0.3) is 0 Å². The average molecular weight is 311 g/mol. The zero-order valence-corrected chi connectivity index (χ0v) is 11.2. The number of rotatable bonds is 8. The van der Waals surface area contributed by atoms with Crippen LogP contribution in [0.3, 0.4) is 0 Å². The van der Waals surface area contributed by atoms with Gasteiger partial charge in [0, 0.05) is 12.4 Å². The van der Waals surface area contributed by atoms with Crippen molar-refractivity contribution in [1.29, 1.82) is 0 Å². The maximum Gasteiger partial charge on any atom is 0.311 e. The summed E-state index contributed by atoms with van der Waals surface area (Å²) in [5, 5.41) is 35.6. The molecular weight excluding hydrogens is 298 g/mol. The summed E-state index contributed by atoms with van der Waals surface area (Å²) in [6, 6.07) is 1.16. The molecule has 2 atom stereocenters. The van der Waals surface area contributed by atoms with Crippen molar-refractivity contribution >= 4 is 23.9 Å². The Morgan fingerprint density at radius 1 is 0.818 bits per heavy atom. The van der Waals surface area contributed by atoms with Crippen molar-refractivity contribution in [2.24, 2.45) is 0 Å². The molecule has 0 saturated carbocycles. The van der Waals surface area contributed by atoms with Crippen molar-refractivity contribution in [2.45, 2.75) is 24.7 Å². The van der Waals surface area contributed by atoms with Crippen molar-refractivity contribution in [2.75, 3.05) is 0 Å². The molecule has 0 saturated heterocycles. The Morgan fingerprint density at radius 3 is 1.45 bits per heavy atom. The highest BCUT2D eigenvalue weighted by Crippen LogP contribution is 2.25. The van der Waals surface area contributed by atoms with Crippen LogP contribution in [0.1, 0.15) is 35.8 Å². The summed E-state index contributed by atoms with van der Waals surface area (Å²) >= 11 is 0. The van der Waals surface area contributed by atoms with E-state index in [0.29, 0.717) is 0 Å². The van der Waals surface area contributed by atoms with Crippen LogP contribution < -0.4 is 0 Å². The van der Waals surface area contributed by atoms with Crippen LogP contribution in [0.15, 0.2) is 18.5 Å². The number of aromatic nitrogens is 1. The average Bonchev–Trinajstić information content (AvgIpc) is 2.41. The van der Waals surface area contributed by atoms with Crippen LogP contribution in [0.2, 0.25) is 0 Å². The fraction of sp³-hybridized carbons (Fsp3) is 0.308. The number of carboxylic acids is 4. The van der Waals surface area contributed by atoms with Crippen molar-refractivity contribution in [3.05, 3.63) is 29.6 Å². The van der Waals surface area contributed by atoms with E-state index >= 15 is 0 Å². The van der Waals surface area contributed by atoms with Gasteiger partial charge in [-0.1, -0.05) is 6.07 Å². The van der Waals surface area contributed by atoms with Crippen molar-refractivity contribution in [3.8, 4) is 0 Å². The molecule has 0 bridgehead atoms. The third-order valence-electron chi connectivity index (χ3n) is 2.94. The van der Waals surface area contributed by atoms with Gasteiger partial charge in [-0.2, -0.15) is 0 Å². The normalized spacial score (nSPS) is 13.1. The van der Waals surface area contributed by atoms with Gasteiger partial charge >= 0.3 is 23.9 Å². The Morgan fingerprint density at radius 2 is 1.18 bits per heavy atom. The van der Waals surface area contributed by atoms with Crippen LogP contribution in [0.4, 0.5) is 0 Å². The maximum absolute atomic E-state index is 11.1. The number of hydrogen-bond acceptors (Lipinski definition) is 5. The van der Waals surface area contributed by atoms with E-state index in [1.54, 1.807) is 0 Å². The van der Waals surface area contributed by atoms with E-state index in [-0.39, 0.29) is 11.1 Å². The van der Waals surface area contributed by atoms with Gasteiger partial charge in [0.15, 0.2) is 0 Å². The van der Waals surface area contributed by atoms with Gasteiger partial charge in [-0.25, -0.2) is 0 Å². The Labute approximate surface area is 123 Å². The first-order valence-corrected chi connectivity index (χ1v) is 6.06. The predicted molar refractivity (Wildman–Crippen MR) is 69.5 cm³/mol. The van der Waals surface area contributed by atoms with Gasteiger partial charge in [-0.3, -0.25) is 24.2 Å². The first-order valence-electron chi connectivity index (χ1n) is 6.06. The van der Waals surface area contributed by atoms with E-state index in [0.717, 1.165) is 18.5 Å². The molecule has 9 heteroatoms. The number of carbonyl (C=O) groups is 4. The lowest BCUT2D eigenvalue weighted by Crippen LogP contribution is -2.19. The molecule has 2 unspecified atom stereocenters. The van der Waals surface area contributed by atoms with Crippen LogP contribution in [0.5, 0.6) is 0 Å². The summed E-state index contributed by atoms with van der Waals surface area (Å²) in [5.41, 5.74) is 0.00748. The van der Waals surface area contributed by atoms with Gasteiger partial charge in [0.2, 0.25) is 0 Å². The van der Waals surface area contributed by atoms with Crippen molar-refractivity contribution < 1.29 is 39.6 Å². The maximum atomic E-state index is 11.1. The first kappa shape index (κ1) is 17.1. The Hall–Kier alpha value is -2.97. The van der Waals surface area contributed by atoms with E-state index in [2.05, 4.69) is 4.98 Å². The molecule has 1 heterocycles. The monoisotopic (exact) mass is 311 g/mol. The molecule has 0 spiro atoms. The van der Waals surface area contributed by atoms with Crippen LogP contribution in [-0.2, 0) is 19.2 Å². The zero-order chi connectivity index (χ0) is 16.9. The second-order valence-corrected chi connectivity index (χ2v) is 4.53. The zero-order valence-electron chi connectivity index (χ0n) is 11.2. The summed E-state index contributed by atoms with van der Waals surface area (Å²) < 4.78 is 0. The van der Waals surface area contributed by atoms with Crippen LogP contribution in [0.25, 0.3) is 0 Å². The van der Waals surface area contributed by atoms with Gasteiger partial charge < -0.3 is 20.4 Å². The molecule has 4 N–H and O–H groups in total. The molecule has 9 nitrogen and oxygen atoms in total. The van der Waals surface area contributed by atoms with Gasteiger partial charge in [0.05, 0.1) is 24.7 Å². The van der Waals surface area contributed by atoms with E-state index in [4.69, 9.17) is 20.4 Å². The summed E-state index contributed by atoms with van der Waals surface area (Å²) in [6.45, 7) is 0. The molecule has 1 aromatic heterocycles. The van der Waals surface area contributed by atoms with Crippen molar-refractivity contribution in [1.82, 2.24) is 4.98 Å². The van der Waals surface area contributed by atoms with E-state index in [9.17, 15) is 19.2 Å². The highest BCUT2D eigenvalue weighted by molar-refractivity contribution is 5.84. The molecule has 0 aliphatic heterocycles. The lowest BCUT2D eigenvalue weighted by atomic mass is 9.91. The molecule has 1 rings (SSSR count). The molecular formula is C13H13NO8. The van der Waals surface area contributed by atoms with E-state index < -0.39 is 48.6 Å². The Bertz CT molecular complexity index is 563. The quantitative estimate of drug-likeness (QED) is 0.531. The highest BCUT2D eigenvalue weighted by atomic mass is 16.4. The van der Waals surface area contributed by atoms with Crippen LogP contribution >= 0.6 is 0 Å². The molecule has 0 amide bonds. The highest BCUT2D eigenvalue weighted by Gasteiger charge is 2.27. The first-order chi connectivity index (χ1) is 10.2. The fourth-order valence-corrected chi connectivity index (χ4v) is 1.90. The molecule has 118 valence electrons. The van der Waals surface area contributed by atoms with E-state index in [1.165, 1.54) is 0 Å². The topological polar surface area (TPSA) is 162 Å². The SMILES string of the molecule is O=C(O)CC(C(=O)O)c1cncc(C(CC(=O)O)C(=O)O)c1. The van der Waals surface area contributed by atoms with E-state index in [1.807, 2.05) is 0 Å². The van der Waals surface area contributed by atoms with Gasteiger partial charge in [-0.15, -0.1) is 0 Å². The molecule has 0 fully saturated rings. The third kappa shape index (κ3) is 4.54. The smallest absolute Gasteiger partial charge is 0.311 e. The second-order valence-electron chi connectivity index (χ2n) is 4.53. The molecule has 0 aromatic carbocycles. The minimum atomic E-state index is -1.40. The molecule has 0 aliphatic carbocycles. The third-order valence-corrected chi connectivity index (χ3v) is 2.94. The number of pyridine rings is 1. The summed E-state index contributed by atoms with van der Waals surface area (Å²) in [5.74, 6) is -8.26. The number of carboxylic acid groups (broad SMARTS) is 4. The minimum Gasteiger partial charge on any atom is -0.481 e. The number of aliphatic carboxylic acids is 4. The summed E-state index contributed by atoms with van der Waals surface area (Å²) in [6.07, 6.45) is 0.837. The standard InChI is InChI=1S/C13H13NO8/c15-10(16)2-8(12(19)20)6-1-7(5-14-4-6)9(13(21)22)3-11(17)18/h1,4-5,8-9H,2-3H2,(H,15,16)(H,17,18)(H,19,20)(H,21,22). The second kappa shape index (κ2) is 7.16. The van der Waals surface area contributed by atoms with Gasteiger partial charge in [-0.05, 0) is 11.1 Å². The summed E-state index contributed by atoms with van der Waals surface area (Å²) in [4.78, 5) is 47.4. The van der Waals surface area contributed by atoms with Crippen LogP contribution in [0, 0.1) is 0 Å². The van der Waals surface area contributed by atoms with Gasteiger partial charge in [0.1, 0.15) is 0 Å². The van der Waals surface area contributed by atoms with Crippen molar-refractivity contribution in [3.63, 3.8) is 0 Å². The lowest BCUT2D eigenvalue weighted by molar-refractivity contribution is -0.145. The predicted octanol–water partition coefficient (Wildman–Crippen LogP) is 0.367. The molecule has 1 aromatic rings.